The molecule has 0 aliphatic carbocycles. The molecule has 0 amide bonds. The standard InChI is InChI=1S/C16H26FNO/c1-5-13(4)18(6-2)10-9-16(19)14-8-7-12(3)15(17)11-14/h7-8,11,13,16,19H,5-6,9-10H2,1-4H3. The second kappa shape index (κ2) is 7.61. The molecule has 2 nitrogen and oxygen atoms in total. The van der Waals surface area contributed by atoms with E-state index in [1.54, 1.807) is 13.0 Å². The Morgan fingerprint density at radius 3 is 2.53 bits per heavy atom. The minimum Gasteiger partial charge on any atom is -0.388 e. The van der Waals surface area contributed by atoms with Gasteiger partial charge in [-0.3, -0.25) is 0 Å². The highest BCUT2D eigenvalue weighted by molar-refractivity contribution is 5.24. The predicted molar refractivity (Wildman–Crippen MR) is 77.7 cm³/mol. The van der Waals surface area contributed by atoms with Crippen molar-refractivity contribution in [1.82, 2.24) is 4.90 Å². The summed E-state index contributed by atoms with van der Waals surface area (Å²) in [5.41, 5.74) is 1.29. The summed E-state index contributed by atoms with van der Waals surface area (Å²) in [5, 5.41) is 10.1. The fourth-order valence-electron chi connectivity index (χ4n) is 2.22. The SMILES string of the molecule is CCC(C)N(CC)CCC(O)c1ccc(C)c(F)c1. The van der Waals surface area contributed by atoms with E-state index in [9.17, 15) is 9.50 Å². The van der Waals surface area contributed by atoms with Crippen LogP contribution in [0.15, 0.2) is 18.2 Å². The molecule has 1 N–H and O–H groups in total. The second-order valence-electron chi connectivity index (χ2n) is 5.20. The summed E-state index contributed by atoms with van der Waals surface area (Å²) in [4.78, 5) is 2.34. The fourth-order valence-corrected chi connectivity index (χ4v) is 2.22. The minimum absolute atomic E-state index is 0.245. The van der Waals surface area contributed by atoms with Gasteiger partial charge in [-0.15, -0.1) is 0 Å². The molecule has 3 heteroatoms. The van der Waals surface area contributed by atoms with Crippen LogP contribution < -0.4 is 0 Å². The van der Waals surface area contributed by atoms with Gasteiger partial charge >= 0.3 is 0 Å². The first kappa shape index (κ1) is 16.1. The first-order valence-corrected chi connectivity index (χ1v) is 7.17. The maximum Gasteiger partial charge on any atom is 0.126 e. The van der Waals surface area contributed by atoms with Crippen LogP contribution >= 0.6 is 0 Å². The van der Waals surface area contributed by atoms with Crippen molar-refractivity contribution < 1.29 is 9.50 Å². The summed E-state index contributed by atoms with van der Waals surface area (Å²) < 4.78 is 13.5. The van der Waals surface area contributed by atoms with Crippen molar-refractivity contribution in [2.45, 2.75) is 52.7 Å². The molecule has 0 aliphatic rings. The van der Waals surface area contributed by atoms with E-state index in [0.29, 0.717) is 23.6 Å². The number of halogens is 1. The Bertz CT molecular complexity index is 394. The number of aliphatic hydroxyl groups is 1. The molecular weight excluding hydrogens is 241 g/mol. The molecule has 1 rings (SSSR count). The summed E-state index contributed by atoms with van der Waals surface area (Å²) in [5.74, 6) is -0.245. The molecule has 108 valence electrons. The number of rotatable bonds is 7. The van der Waals surface area contributed by atoms with Crippen molar-refractivity contribution in [3.8, 4) is 0 Å². The average molecular weight is 267 g/mol. The monoisotopic (exact) mass is 267 g/mol. The maximum absolute atomic E-state index is 13.5. The molecule has 1 aromatic carbocycles. The quantitative estimate of drug-likeness (QED) is 0.814. The van der Waals surface area contributed by atoms with Crippen LogP contribution in [0.25, 0.3) is 0 Å². The topological polar surface area (TPSA) is 23.5 Å². The predicted octanol–water partition coefficient (Wildman–Crippen LogP) is 3.68. The zero-order valence-corrected chi connectivity index (χ0v) is 12.5. The molecule has 0 bridgehead atoms. The van der Waals surface area contributed by atoms with Crippen molar-refractivity contribution >= 4 is 0 Å². The lowest BCUT2D eigenvalue weighted by Crippen LogP contribution is -2.34. The second-order valence-corrected chi connectivity index (χ2v) is 5.20. The summed E-state index contributed by atoms with van der Waals surface area (Å²) in [6, 6.07) is 5.49. The Morgan fingerprint density at radius 2 is 2.00 bits per heavy atom. The van der Waals surface area contributed by atoms with Crippen molar-refractivity contribution in [2.75, 3.05) is 13.1 Å². The third-order valence-electron chi connectivity index (χ3n) is 3.89. The molecule has 0 spiro atoms. The van der Waals surface area contributed by atoms with Crippen LogP contribution in [0, 0.1) is 12.7 Å². The third kappa shape index (κ3) is 4.59. The Morgan fingerprint density at radius 1 is 1.32 bits per heavy atom. The van der Waals surface area contributed by atoms with Gasteiger partial charge in [-0.05, 0) is 50.4 Å². The Labute approximate surface area is 116 Å². The first-order chi connectivity index (χ1) is 8.99. The number of benzene rings is 1. The number of hydrogen-bond acceptors (Lipinski definition) is 2. The Balaban J connectivity index is 2.59. The van der Waals surface area contributed by atoms with Gasteiger partial charge in [-0.25, -0.2) is 4.39 Å². The van der Waals surface area contributed by atoms with Gasteiger partial charge in [-0.2, -0.15) is 0 Å². The van der Waals surface area contributed by atoms with E-state index in [2.05, 4.69) is 25.7 Å². The molecular formula is C16H26FNO. The van der Waals surface area contributed by atoms with Crippen LogP contribution in [0.4, 0.5) is 4.39 Å². The zero-order chi connectivity index (χ0) is 14.4. The smallest absolute Gasteiger partial charge is 0.126 e. The van der Waals surface area contributed by atoms with E-state index < -0.39 is 6.10 Å². The Kier molecular flexibility index (Phi) is 6.46. The zero-order valence-electron chi connectivity index (χ0n) is 12.5. The van der Waals surface area contributed by atoms with E-state index >= 15 is 0 Å². The third-order valence-corrected chi connectivity index (χ3v) is 3.89. The summed E-state index contributed by atoms with van der Waals surface area (Å²) in [7, 11) is 0. The number of aliphatic hydroxyl groups excluding tert-OH is 1. The van der Waals surface area contributed by atoms with Crippen molar-refractivity contribution in [3.63, 3.8) is 0 Å². The van der Waals surface area contributed by atoms with Crippen LogP contribution in [-0.4, -0.2) is 29.1 Å². The molecule has 0 aliphatic heterocycles. The lowest BCUT2D eigenvalue weighted by Gasteiger charge is -2.27. The van der Waals surface area contributed by atoms with Gasteiger partial charge in [0.2, 0.25) is 0 Å². The minimum atomic E-state index is -0.590. The van der Waals surface area contributed by atoms with E-state index in [0.717, 1.165) is 19.5 Å². The first-order valence-electron chi connectivity index (χ1n) is 7.17. The number of nitrogens with zero attached hydrogens (tertiary/aromatic N) is 1. The molecule has 0 radical (unpaired) electrons. The summed E-state index contributed by atoms with van der Waals surface area (Å²) in [6.45, 7) is 10.0. The Hall–Kier alpha value is -0.930. The molecule has 0 fully saturated rings. The van der Waals surface area contributed by atoms with E-state index in [1.165, 1.54) is 6.07 Å². The van der Waals surface area contributed by atoms with Gasteiger partial charge in [0.05, 0.1) is 6.10 Å². The highest BCUT2D eigenvalue weighted by Gasteiger charge is 2.14. The van der Waals surface area contributed by atoms with Gasteiger partial charge in [-0.1, -0.05) is 26.0 Å². The molecule has 1 aromatic rings. The maximum atomic E-state index is 13.5. The van der Waals surface area contributed by atoms with Crippen LogP contribution in [-0.2, 0) is 0 Å². The molecule has 0 aromatic heterocycles. The van der Waals surface area contributed by atoms with Crippen LogP contribution in [0.1, 0.15) is 50.8 Å². The van der Waals surface area contributed by atoms with Crippen LogP contribution in [0.3, 0.4) is 0 Å². The van der Waals surface area contributed by atoms with Crippen LogP contribution in [0.2, 0.25) is 0 Å². The number of hydrogen-bond donors (Lipinski definition) is 1. The highest BCUT2D eigenvalue weighted by atomic mass is 19.1. The summed E-state index contributed by atoms with van der Waals surface area (Å²) in [6.07, 6.45) is 1.15. The fraction of sp³-hybridized carbons (Fsp3) is 0.625. The van der Waals surface area contributed by atoms with Crippen molar-refractivity contribution in [1.29, 1.82) is 0 Å². The normalized spacial score (nSPS) is 14.7. The molecule has 2 atom stereocenters. The van der Waals surface area contributed by atoms with E-state index in [-0.39, 0.29) is 5.82 Å². The van der Waals surface area contributed by atoms with Gasteiger partial charge < -0.3 is 10.0 Å². The van der Waals surface area contributed by atoms with E-state index in [1.807, 2.05) is 6.07 Å². The molecule has 2 unspecified atom stereocenters. The van der Waals surface area contributed by atoms with Crippen molar-refractivity contribution in [3.05, 3.63) is 35.1 Å². The highest BCUT2D eigenvalue weighted by Crippen LogP contribution is 2.20. The van der Waals surface area contributed by atoms with Gasteiger partial charge in [0, 0.05) is 12.6 Å². The number of aryl methyl sites for hydroxylation is 1. The van der Waals surface area contributed by atoms with Gasteiger partial charge in [0.25, 0.3) is 0 Å². The molecule has 0 heterocycles. The molecule has 19 heavy (non-hydrogen) atoms. The van der Waals surface area contributed by atoms with Crippen LogP contribution in [0.5, 0.6) is 0 Å². The molecule has 0 saturated carbocycles. The molecule has 0 saturated heterocycles. The van der Waals surface area contributed by atoms with E-state index in [4.69, 9.17) is 0 Å². The van der Waals surface area contributed by atoms with Gasteiger partial charge in [0.1, 0.15) is 5.82 Å². The average Bonchev–Trinajstić information content (AvgIpc) is 2.41. The lowest BCUT2D eigenvalue weighted by molar-refractivity contribution is 0.128. The van der Waals surface area contributed by atoms with Gasteiger partial charge in [0.15, 0.2) is 0 Å². The largest absolute Gasteiger partial charge is 0.388 e. The summed E-state index contributed by atoms with van der Waals surface area (Å²) >= 11 is 0. The lowest BCUT2D eigenvalue weighted by atomic mass is 10.0. The van der Waals surface area contributed by atoms with Crippen molar-refractivity contribution in [2.24, 2.45) is 0 Å².